The first-order valence-electron chi connectivity index (χ1n) is 7.46. The van der Waals surface area contributed by atoms with E-state index in [1.807, 2.05) is 29.7 Å². The molecule has 1 aliphatic rings. The van der Waals surface area contributed by atoms with Crippen molar-refractivity contribution in [2.75, 3.05) is 12.4 Å². The number of ether oxygens (including phenoxy) is 1. The van der Waals surface area contributed by atoms with Gasteiger partial charge in [0.15, 0.2) is 0 Å². The molecule has 1 aromatic heterocycles. The number of pyridine rings is 1. The van der Waals surface area contributed by atoms with E-state index < -0.39 is 0 Å². The first kappa shape index (κ1) is 16.9. The van der Waals surface area contributed by atoms with Crippen LogP contribution in [0.1, 0.15) is 38.8 Å². The maximum Gasteiger partial charge on any atom is 0.137 e. The smallest absolute Gasteiger partial charge is 0.137 e. The lowest BCUT2D eigenvalue weighted by Crippen LogP contribution is -2.40. The Kier molecular flexibility index (Phi) is 6.67. The maximum atomic E-state index is 5.82. The summed E-state index contributed by atoms with van der Waals surface area (Å²) in [6.07, 6.45) is 4.64. The van der Waals surface area contributed by atoms with Crippen molar-refractivity contribution in [1.82, 2.24) is 10.4 Å². The van der Waals surface area contributed by atoms with Crippen LogP contribution in [0.15, 0.2) is 18.5 Å². The van der Waals surface area contributed by atoms with E-state index in [1.165, 1.54) is 0 Å². The van der Waals surface area contributed by atoms with E-state index in [4.69, 9.17) is 10.6 Å². The summed E-state index contributed by atoms with van der Waals surface area (Å²) in [7, 11) is 0. The summed E-state index contributed by atoms with van der Waals surface area (Å²) in [5.41, 5.74) is 4.08. The number of rotatable bonds is 6. The molecule has 0 spiro atoms. The zero-order valence-electron chi connectivity index (χ0n) is 12.9. The molecule has 0 saturated carbocycles. The van der Waals surface area contributed by atoms with Gasteiger partial charge in [-0.1, -0.05) is 20.8 Å². The van der Waals surface area contributed by atoms with E-state index in [9.17, 15) is 0 Å². The molecule has 1 fully saturated rings. The molecule has 2 rings (SSSR count). The molecule has 0 radical (unpaired) electrons. The van der Waals surface area contributed by atoms with Crippen molar-refractivity contribution in [3.05, 3.63) is 24.0 Å². The maximum absolute atomic E-state index is 5.82. The minimum absolute atomic E-state index is 0.107. The molecule has 1 aliphatic heterocycles. The van der Waals surface area contributed by atoms with Crippen LogP contribution in [0.4, 0.5) is 0 Å². The third-order valence-electron chi connectivity index (χ3n) is 3.69. The Bertz CT molecular complexity index is 447. The third kappa shape index (κ3) is 4.52. The Labute approximate surface area is 136 Å². The van der Waals surface area contributed by atoms with Crippen LogP contribution in [0.2, 0.25) is 0 Å². The van der Waals surface area contributed by atoms with Gasteiger partial charge in [0.2, 0.25) is 0 Å². The predicted molar refractivity (Wildman–Crippen MR) is 92.8 cm³/mol. The van der Waals surface area contributed by atoms with Gasteiger partial charge in [0.25, 0.3) is 0 Å². The number of hydrogen-bond donors (Lipinski definition) is 2. The average Bonchev–Trinajstić information content (AvgIpc) is 2.50. The second kappa shape index (κ2) is 8.27. The van der Waals surface area contributed by atoms with E-state index in [0.29, 0.717) is 22.4 Å². The molecule has 4 atom stereocenters. The summed E-state index contributed by atoms with van der Waals surface area (Å²) < 4.78 is 5.67. The van der Waals surface area contributed by atoms with Crippen LogP contribution in [0, 0.1) is 0 Å². The number of nitrogens with one attached hydrogen (secondary N) is 1. The van der Waals surface area contributed by atoms with Crippen LogP contribution >= 0.6 is 23.5 Å². The fourth-order valence-electron chi connectivity index (χ4n) is 2.31. The van der Waals surface area contributed by atoms with Gasteiger partial charge in [0.1, 0.15) is 5.75 Å². The van der Waals surface area contributed by atoms with Crippen LogP contribution < -0.4 is 16.0 Å². The van der Waals surface area contributed by atoms with Gasteiger partial charge in [0.05, 0.1) is 18.8 Å². The van der Waals surface area contributed by atoms with E-state index in [0.717, 1.165) is 23.5 Å². The number of aromatic nitrogens is 1. The lowest BCUT2D eigenvalue weighted by Gasteiger charge is -2.35. The Morgan fingerprint density at radius 2 is 2.24 bits per heavy atom. The SMILES string of the molecule is CCCOc1cncc(C(NN)C2CSC(C)C(C)S2)c1. The summed E-state index contributed by atoms with van der Waals surface area (Å²) in [4.78, 5) is 4.30. The molecule has 0 aromatic carbocycles. The predicted octanol–water partition coefficient (Wildman–Crippen LogP) is 3.00. The minimum atomic E-state index is 0.107. The van der Waals surface area contributed by atoms with E-state index in [1.54, 1.807) is 6.20 Å². The molecule has 2 heterocycles. The van der Waals surface area contributed by atoms with Gasteiger partial charge in [-0.25, -0.2) is 0 Å². The fraction of sp³-hybridized carbons (Fsp3) is 0.667. The fourth-order valence-corrected chi connectivity index (χ4v) is 5.41. The summed E-state index contributed by atoms with van der Waals surface area (Å²) in [5.74, 6) is 7.75. The molecular formula is C15H25N3OS2. The molecular weight excluding hydrogens is 302 g/mol. The van der Waals surface area contributed by atoms with Gasteiger partial charge < -0.3 is 4.74 Å². The topological polar surface area (TPSA) is 60.2 Å². The number of hydrogen-bond acceptors (Lipinski definition) is 6. The van der Waals surface area contributed by atoms with Crippen molar-refractivity contribution in [3.8, 4) is 5.75 Å². The Balaban J connectivity index is 2.09. The zero-order chi connectivity index (χ0) is 15.2. The normalized spacial score (nSPS) is 27.3. The molecule has 0 bridgehead atoms. The Hall–Kier alpha value is -0.430. The van der Waals surface area contributed by atoms with Crippen LogP contribution in [-0.2, 0) is 0 Å². The van der Waals surface area contributed by atoms with Crippen LogP contribution in [0.5, 0.6) is 5.75 Å². The van der Waals surface area contributed by atoms with Gasteiger partial charge in [-0.15, -0.1) is 0 Å². The summed E-state index contributed by atoms with van der Waals surface area (Å²) in [6, 6.07) is 2.16. The van der Waals surface area contributed by atoms with Gasteiger partial charge in [-0.2, -0.15) is 23.5 Å². The first-order valence-corrected chi connectivity index (χ1v) is 9.45. The third-order valence-corrected chi connectivity index (χ3v) is 7.19. The second-order valence-electron chi connectivity index (χ2n) is 5.36. The monoisotopic (exact) mass is 327 g/mol. The van der Waals surface area contributed by atoms with Gasteiger partial charge in [0, 0.05) is 27.7 Å². The van der Waals surface area contributed by atoms with Crippen molar-refractivity contribution < 1.29 is 4.74 Å². The molecule has 21 heavy (non-hydrogen) atoms. The highest BCUT2D eigenvalue weighted by Crippen LogP contribution is 2.41. The molecule has 4 unspecified atom stereocenters. The molecule has 4 nitrogen and oxygen atoms in total. The number of hydrazine groups is 1. The number of thioether (sulfide) groups is 2. The molecule has 3 N–H and O–H groups in total. The number of nitrogens with two attached hydrogens (primary N) is 1. The van der Waals surface area contributed by atoms with Crippen LogP contribution in [-0.4, -0.2) is 33.1 Å². The summed E-state index contributed by atoms with van der Waals surface area (Å²) in [5, 5.41) is 1.79. The number of nitrogens with zero attached hydrogens (tertiary/aromatic N) is 1. The Morgan fingerprint density at radius 1 is 1.43 bits per heavy atom. The summed E-state index contributed by atoms with van der Waals surface area (Å²) in [6.45, 7) is 7.40. The van der Waals surface area contributed by atoms with Crippen molar-refractivity contribution in [3.63, 3.8) is 0 Å². The molecule has 6 heteroatoms. The van der Waals surface area contributed by atoms with Crippen LogP contribution in [0.25, 0.3) is 0 Å². The zero-order valence-corrected chi connectivity index (χ0v) is 14.5. The highest BCUT2D eigenvalue weighted by Gasteiger charge is 2.31. The Morgan fingerprint density at radius 3 is 2.90 bits per heavy atom. The first-order chi connectivity index (χ1) is 10.2. The van der Waals surface area contributed by atoms with E-state index in [2.05, 4.69) is 37.2 Å². The van der Waals surface area contributed by atoms with Crippen LogP contribution in [0.3, 0.4) is 0 Å². The van der Waals surface area contributed by atoms with Crippen molar-refractivity contribution in [1.29, 1.82) is 0 Å². The molecule has 1 aromatic rings. The van der Waals surface area contributed by atoms with E-state index in [-0.39, 0.29) is 6.04 Å². The van der Waals surface area contributed by atoms with E-state index >= 15 is 0 Å². The second-order valence-corrected chi connectivity index (χ2v) is 8.40. The van der Waals surface area contributed by atoms with Gasteiger partial charge >= 0.3 is 0 Å². The van der Waals surface area contributed by atoms with Gasteiger partial charge in [-0.05, 0) is 18.1 Å². The van der Waals surface area contributed by atoms with Gasteiger partial charge in [-0.3, -0.25) is 16.3 Å². The van der Waals surface area contributed by atoms with Crippen molar-refractivity contribution >= 4 is 23.5 Å². The lowest BCUT2D eigenvalue weighted by molar-refractivity contribution is 0.315. The molecule has 0 amide bonds. The quantitative estimate of drug-likeness (QED) is 0.619. The standard InChI is InChI=1S/C15H25N3OS2/c1-4-5-19-13-6-12(7-17-8-13)15(18-16)14-9-20-10(2)11(3)21-14/h6-8,10-11,14-15,18H,4-5,9,16H2,1-3H3. The van der Waals surface area contributed by atoms with Crippen molar-refractivity contribution in [2.45, 2.75) is 49.0 Å². The molecule has 118 valence electrons. The largest absolute Gasteiger partial charge is 0.492 e. The molecule has 0 aliphatic carbocycles. The lowest BCUT2D eigenvalue weighted by atomic mass is 10.1. The summed E-state index contributed by atoms with van der Waals surface area (Å²) >= 11 is 4.04. The molecule has 1 saturated heterocycles. The van der Waals surface area contributed by atoms with Crippen molar-refractivity contribution in [2.24, 2.45) is 5.84 Å². The minimum Gasteiger partial charge on any atom is -0.492 e. The highest BCUT2D eigenvalue weighted by molar-refractivity contribution is 8.07. The average molecular weight is 328 g/mol. The highest BCUT2D eigenvalue weighted by atomic mass is 32.2.